The summed E-state index contributed by atoms with van der Waals surface area (Å²) in [5.41, 5.74) is 0.132. The monoisotopic (exact) mass is 476 g/mol. The third-order valence-electron chi connectivity index (χ3n) is 6.82. The molecule has 10 heteroatoms. The SMILES string of the molecule is CC1(COc2cc(F)c(C(=O)NS(=O)N3CCC3)cc2C2CC2)CCC(C(F)(F)F)CC1. The highest BCUT2D eigenvalue weighted by Gasteiger charge is 2.44. The third-order valence-corrected chi connectivity index (χ3v) is 8.02. The Morgan fingerprint density at radius 1 is 1.22 bits per heavy atom. The second kappa shape index (κ2) is 8.93. The molecule has 0 aromatic heterocycles. The molecule has 0 radical (unpaired) electrons. The van der Waals surface area contributed by atoms with Gasteiger partial charge in [0.15, 0.2) is 11.2 Å². The summed E-state index contributed by atoms with van der Waals surface area (Å²) in [6, 6.07) is 2.65. The van der Waals surface area contributed by atoms with Gasteiger partial charge in [0.05, 0.1) is 18.1 Å². The molecule has 1 amide bonds. The topological polar surface area (TPSA) is 58.6 Å². The van der Waals surface area contributed by atoms with Gasteiger partial charge >= 0.3 is 6.18 Å². The van der Waals surface area contributed by atoms with Gasteiger partial charge in [0, 0.05) is 24.6 Å². The van der Waals surface area contributed by atoms with Crippen LogP contribution >= 0.6 is 0 Å². The van der Waals surface area contributed by atoms with Crippen LogP contribution in [-0.4, -0.2) is 40.3 Å². The quantitative estimate of drug-likeness (QED) is 0.572. The Bertz CT molecular complexity index is 892. The van der Waals surface area contributed by atoms with E-state index in [2.05, 4.69) is 4.72 Å². The van der Waals surface area contributed by atoms with Gasteiger partial charge in [-0.3, -0.25) is 9.52 Å². The molecular formula is C22H28F4N2O3S. The van der Waals surface area contributed by atoms with E-state index in [9.17, 15) is 26.6 Å². The van der Waals surface area contributed by atoms with Crippen LogP contribution in [0.25, 0.3) is 0 Å². The van der Waals surface area contributed by atoms with Crippen LogP contribution in [0.4, 0.5) is 17.6 Å². The predicted molar refractivity (Wildman–Crippen MR) is 112 cm³/mol. The van der Waals surface area contributed by atoms with Crippen LogP contribution in [0.2, 0.25) is 0 Å². The van der Waals surface area contributed by atoms with E-state index in [0.29, 0.717) is 31.7 Å². The smallest absolute Gasteiger partial charge is 0.391 e. The molecule has 1 aromatic rings. The highest BCUT2D eigenvalue weighted by Crippen LogP contribution is 2.47. The fourth-order valence-electron chi connectivity index (χ4n) is 4.27. The minimum atomic E-state index is -4.17. The first-order chi connectivity index (χ1) is 15.1. The standard InChI is InChI=1S/C22H28F4N2O3S/c1-21(7-5-15(6-8-21)22(24,25)26)13-31-19-12-18(23)17(11-16(19)14-3-4-14)20(29)27-32(30)28-9-2-10-28/h11-12,14-15H,2-10,13H2,1H3,(H,27,29). The van der Waals surface area contributed by atoms with E-state index >= 15 is 0 Å². The normalized spacial score (nSPS) is 27.5. The maximum absolute atomic E-state index is 14.8. The molecule has 178 valence electrons. The second-order valence-corrected chi connectivity index (χ2v) is 10.7. The van der Waals surface area contributed by atoms with Crippen molar-refractivity contribution < 1.29 is 31.3 Å². The van der Waals surface area contributed by atoms with Crippen molar-refractivity contribution in [2.24, 2.45) is 11.3 Å². The summed E-state index contributed by atoms with van der Waals surface area (Å²) in [5.74, 6) is -2.28. The molecule has 2 saturated carbocycles. The molecular weight excluding hydrogens is 448 g/mol. The van der Waals surface area contributed by atoms with E-state index in [1.54, 1.807) is 4.31 Å². The van der Waals surface area contributed by atoms with Crippen LogP contribution in [0.15, 0.2) is 12.1 Å². The Hall–Kier alpha value is -1.68. The molecule has 3 fully saturated rings. The molecule has 32 heavy (non-hydrogen) atoms. The summed E-state index contributed by atoms with van der Waals surface area (Å²) >= 11 is -1.69. The Balaban J connectivity index is 1.43. The maximum atomic E-state index is 14.8. The van der Waals surface area contributed by atoms with Crippen LogP contribution in [0.1, 0.15) is 73.7 Å². The minimum absolute atomic E-state index is 0.0699. The summed E-state index contributed by atoms with van der Waals surface area (Å²) in [6.07, 6.45) is -0.548. The van der Waals surface area contributed by atoms with E-state index in [0.717, 1.165) is 24.8 Å². The summed E-state index contributed by atoms with van der Waals surface area (Å²) < 4.78 is 75.6. The number of hydrogen-bond donors (Lipinski definition) is 1. The zero-order chi connectivity index (χ0) is 23.1. The number of alkyl halides is 3. The molecule has 1 unspecified atom stereocenters. The lowest BCUT2D eigenvalue weighted by atomic mass is 9.72. The van der Waals surface area contributed by atoms with Gasteiger partial charge in [-0.1, -0.05) is 6.92 Å². The number of halogens is 4. The molecule has 1 saturated heterocycles. The Morgan fingerprint density at radius 3 is 2.41 bits per heavy atom. The van der Waals surface area contributed by atoms with Crippen molar-refractivity contribution in [2.45, 2.75) is 64.0 Å². The number of carbonyl (C=O) groups excluding carboxylic acids is 1. The number of nitrogens with one attached hydrogen (secondary N) is 1. The Kier molecular flexibility index (Phi) is 6.55. The first-order valence-corrected chi connectivity index (χ1v) is 12.2. The summed E-state index contributed by atoms with van der Waals surface area (Å²) in [7, 11) is 0. The fourth-order valence-corrected chi connectivity index (χ4v) is 5.26. The number of amides is 1. The number of rotatable bonds is 7. The van der Waals surface area contributed by atoms with E-state index < -0.39 is 40.4 Å². The average molecular weight is 477 g/mol. The van der Waals surface area contributed by atoms with Crippen molar-refractivity contribution in [3.05, 3.63) is 29.1 Å². The third kappa shape index (κ3) is 5.27. The highest BCUT2D eigenvalue weighted by atomic mass is 32.2. The van der Waals surface area contributed by atoms with Crippen molar-refractivity contribution in [2.75, 3.05) is 19.7 Å². The van der Waals surface area contributed by atoms with Crippen LogP contribution in [0.5, 0.6) is 5.75 Å². The van der Waals surface area contributed by atoms with Gasteiger partial charge in [0.25, 0.3) is 5.91 Å². The first kappa shape index (κ1) is 23.5. The van der Waals surface area contributed by atoms with E-state index in [1.807, 2.05) is 6.92 Å². The number of carbonyl (C=O) groups is 1. The van der Waals surface area contributed by atoms with Gasteiger partial charge in [-0.25, -0.2) is 12.9 Å². The molecule has 3 aliphatic rings. The van der Waals surface area contributed by atoms with Gasteiger partial charge in [-0.2, -0.15) is 13.2 Å². The summed E-state index contributed by atoms with van der Waals surface area (Å²) in [5, 5.41) is 0. The molecule has 4 rings (SSSR count). The first-order valence-electron chi connectivity index (χ1n) is 11.1. The number of benzene rings is 1. The van der Waals surface area contributed by atoms with Gasteiger partial charge in [0.2, 0.25) is 0 Å². The molecule has 1 aliphatic heterocycles. The number of ether oxygens (including phenoxy) is 1. The van der Waals surface area contributed by atoms with Crippen LogP contribution < -0.4 is 9.46 Å². The van der Waals surface area contributed by atoms with E-state index in [1.165, 1.54) is 12.1 Å². The fraction of sp³-hybridized carbons (Fsp3) is 0.682. The van der Waals surface area contributed by atoms with Crippen LogP contribution in [-0.2, 0) is 11.2 Å². The second-order valence-electron chi connectivity index (χ2n) is 9.52. The predicted octanol–water partition coefficient (Wildman–Crippen LogP) is 4.85. The van der Waals surface area contributed by atoms with Gasteiger partial charge < -0.3 is 4.74 Å². The molecule has 1 N–H and O–H groups in total. The Labute approximate surface area is 187 Å². The maximum Gasteiger partial charge on any atom is 0.391 e. The summed E-state index contributed by atoms with van der Waals surface area (Å²) in [4.78, 5) is 12.5. The molecule has 5 nitrogen and oxygen atoms in total. The number of hydrogen-bond acceptors (Lipinski definition) is 3. The van der Waals surface area contributed by atoms with E-state index in [-0.39, 0.29) is 30.9 Å². The van der Waals surface area contributed by atoms with Gasteiger partial charge in [0.1, 0.15) is 11.6 Å². The van der Waals surface area contributed by atoms with Crippen molar-refractivity contribution in [3.8, 4) is 5.75 Å². The van der Waals surface area contributed by atoms with Crippen LogP contribution in [0, 0.1) is 17.2 Å². The molecule has 0 spiro atoms. The molecule has 0 bridgehead atoms. The zero-order valence-corrected chi connectivity index (χ0v) is 18.8. The largest absolute Gasteiger partial charge is 0.493 e. The number of nitrogens with zero attached hydrogens (tertiary/aromatic N) is 1. The van der Waals surface area contributed by atoms with Crippen molar-refractivity contribution >= 4 is 17.1 Å². The minimum Gasteiger partial charge on any atom is -0.493 e. The molecule has 2 aliphatic carbocycles. The summed E-state index contributed by atoms with van der Waals surface area (Å²) in [6.45, 7) is 3.34. The highest BCUT2D eigenvalue weighted by molar-refractivity contribution is 7.81. The molecule has 1 heterocycles. The molecule has 1 atom stereocenters. The lowest BCUT2D eigenvalue weighted by molar-refractivity contribution is -0.187. The average Bonchev–Trinajstić information content (AvgIpc) is 3.49. The van der Waals surface area contributed by atoms with Crippen molar-refractivity contribution in [1.29, 1.82) is 0 Å². The van der Waals surface area contributed by atoms with Gasteiger partial charge in [-0.05, 0) is 62.5 Å². The van der Waals surface area contributed by atoms with Crippen LogP contribution in [0.3, 0.4) is 0 Å². The van der Waals surface area contributed by atoms with E-state index in [4.69, 9.17) is 4.74 Å². The Morgan fingerprint density at radius 2 is 1.88 bits per heavy atom. The molecule has 1 aromatic carbocycles. The van der Waals surface area contributed by atoms with Crippen molar-refractivity contribution in [1.82, 2.24) is 9.03 Å². The lowest BCUT2D eigenvalue weighted by Crippen LogP contribution is -2.45. The lowest BCUT2D eigenvalue weighted by Gasteiger charge is -2.37. The van der Waals surface area contributed by atoms with Crippen molar-refractivity contribution in [3.63, 3.8) is 0 Å². The zero-order valence-electron chi connectivity index (χ0n) is 18.0. The van der Waals surface area contributed by atoms with Gasteiger partial charge in [-0.15, -0.1) is 0 Å².